The molecule has 19 heavy (non-hydrogen) atoms. The maximum atomic E-state index is 12.5. The molecular formula is C14H9Cl3O2. The molecule has 2 nitrogen and oxygen atoms in total. The van der Waals surface area contributed by atoms with Crippen LogP contribution < -0.4 is 4.74 Å². The standard InChI is InChI=1S/C14H9Cl3O2/c1-19-12-6-5-8(15)7-9(12)14(18)13-10(16)3-2-4-11(13)17/h2-7H,1H3. The van der Waals surface area contributed by atoms with Crippen LogP contribution in [-0.2, 0) is 0 Å². The predicted molar refractivity (Wildman–Crippen MR) is 77.9 cm³/mol. The number of rotatable bonds is 3. The van der Waals surface area contributed by atoms with Gasteiger partial charge in [-0.2, -0.15) is 0 Å². The number of carbonyl (C=O) groups excluding carboxylic acids is 1. The lowest BCUT2D eigenvalue weighted by Crippen LogP contribution is -2.05. The normalized spacial score (nSPS) is 10.3. The number of hydrogen-bond donors (Lipinski definition) is 0. The minimum Gasteiger partial charge on any atom is -0.496 e. The van der Waals surface area contributed by atoms with E-state index in [4.69, 9.17) is 39.5 Å². The molecule has 0 fully saturated rings. The van der Waals surface area contributed by atoms with Crippen LogP contribution in [0.1, 0.15) is 15.9 Å². The van der Waals surface area contributed by atoms with Crippen molar-refractivity contribution in [2.45, 2.75) is 0 Å². The largest absolute Gasteiger partial charge is 0.496 e. The third-order valence-corrected chi connectivity index (χ3v) is 3.46. The first-order chi connectivity index (χ1) is 9.04. The van der Waals surface area contributed by atoms with E-state index in [2.05, 4.69) is 0 Å². The third kappa shape index (κ3) is 2.86. The summed E-state index contributed by atoms with van der Waals surface area (Å²) in [6.07, 6.45) is 0. The molecule has 0 aliphatic heterocycles. The van der Waals surface area contributed by atoms with Crippen molar-refractivity contribution >= 4 is 40.6 Å². The summed E-state index contributed by atoms with van der Waals surface area (Å²) < 4.78 is 5.16. The van der Waals surface area contributed by atoms with Gasteiger partial charge >= 0.3 is 0 Å². The lowest BCUT2D eigenvalue weighted by atomic mass is 10.0. The summed E-state index contributed by atoms with van der Waals surface area (Å²) in [5, 5.41) is 1.02. The zero-order valence-corrected chi connectivity index (χ0v) is 12.2. The Bertz CT molecular complexity index is 618. The fourth-order valence-corrected chi connectivity index (χ4v) is 2.45. The summed E-state index contributed by atoms with van der Waals surface area (Å²) in [5.74, 6) is 0.0975. The molecule has 0 heterocycles. The molecular weight excluding hydrogens is 307 g/mol. The van der Waals surface area contributed by atoms with Crippen molar-refractivity contribution < 1.29 is 9.53 Å². The summed E-state index contributed by atoms with van der Waals surface area (Å²) in [6, 6.07) is 9.69. The van der Waals surface area contributed by atoms with E-state index in [0.717, 1.165) is 0 Å². The van der Waals surface area contributed by atoms with Crippen LogP contribution in [0.25, 0.3) is 0 Å². The summed E-state index contributed by atoms with van der Waals surface area (Å²) in [5.41, 5.74) is 0.566. The maximum absolute atomic E-state index is 12.5. The van der Waals surface area contributed by atoms with Crippen molar-refractivity contribution in [3.8, 4) is 5.75 Å². The number of methoxy groups -OCH3 is 1. The van der Waals surface area contributed by atoms with Crippen molar-refractivity contribution in [2.24, 2.45) is 0 Å². The van der Waals surface area contributed by atoms with Gasteiger partial charge in [0.1, 0.15) is 5.75 Å². The second-order valence-electron chi connectivity index (χ2n) is 3.77. The minimum atomic E-state index is -0.324. The Morgan fingerprint density at radius 2 is 1.68 bits per heavy atom. The molecule has 0 bridgehead atoms. The molecule has 0 unspecified atom stereocenters. The second-order valence-corrected chi connectivity index (χ2v) is 5.02. The van der Waals surface area contributed by atoms with Gasteiger partial charge in [0.05, 0.1) is 28.3 Å². The molecule has 0 aromatic heterocycles. The number of benzene rings is 2. The van der Waals surface area contributed by atoms with E-state index < -0.39 is 0 Å². The molecule has 0 spiro atoms. The van der Waals surface area contributed by atoms with Gasteiger partial charge in [-0.05, 0) is 30.3 Å². The Hall–Kier alpha value is -1.22. The maximum Gasteiger partial charge on any atom is 0.199 e. The number of ether oxygens (including phenoxy) is 1. The molecule has 0 aliphatic carbocycles. The highest BCUT2D eigenvalue weighted by Gasteiger charge is 2.20. The second kappa shape index (κ2) is 5.83. The zero-order valence-electron chi connectivity index (χ0n) is 9.91. The molecule has 0 saturated carbocycles. The number of hydrogen-bond acceptors (Lipinski definition) is 2. The fraction of sp³-hybridized carbons (Fsp3) is 0.0714. The van der Waals surface area contributed by atoms with Crippen LogP contribution in [0.15, 0.2) is 36.4 Å². The van der Waals surface area contributed by atoms with Crippen LogP contribution in [0.5, 0.6) is 5.75 Å². The Labute approximate surface area is 125 Å². The molecule has 98 valence electrons. The van der Waals surface area contributed by atoms with Crippen molar-refractivity contribution in [2.75, 3.05) is 7.11 Å². The highest BCUT2D eigenvalue weighted by Crippen LogP contribution is 2.31. The molecule has 2 aromatic carbocycles. The highest BCUT2D eigenvalue weighted by molar-refractivity contribution is 6.41. The van der Waals surface area contributed by atoms with E-state index in [0.29, 0.717) is 26.4 Å². The van der Waals surface area contributed by atoms with Gasteiger partial charge in [-0.3, -0.25) is 4.79 Å². The van der Waals surface area contributed by atoms with Crippen LogP contribution in [0, 0.1) is 0 Å². The zero-order chi connectivity index (χ0) is 14.0. The van der Waals surface area contributed by atoms with Crippen LogP contribution >= 0.6 is 34.8 Å². The first-order valence-corrected chi connectivity index (χ1v) is 6.50. The lowest BCUT2D eigenvalue weighted by Gasteiger charge is -2.10. The summed E-state index contributed by atoms with van der Waals surface area (Å²) >= 11 is 18.0. The quantitative estimate of drug-likeness (QED) is 0.754. The van der Waals surface area contributed by atoms with Crippen LogP contribution in [-0.4, -0.2) is 12.9 Å². The van der Waals surface area contributed by atoms with Crippen molar-refractivity contribution in [3.63, 3.8) is 0 Å². The first-order valence-electron chi connectivity index (χ1n) is 5.37. The van der Waals surface area contributed by atoms with Gasteiger partial charge < -0.3 is 4.74 Å². The number of ketones is 1. The molecule has 0 saturated heterocycles. The molecule has 0 atom stereocenters. The van der Waals surface area contributed by atoms with Gasteiger partial charge in [0.15, 0.2) is 5.78 Å². The summed E-state index contributed by atoms with van der Waals surface area (Å²) in [7, 11) is 1.48. The van der Waals surface area contributed by atoms with E-state index in [9.17, 15) is 4.79 Å². The summed E-state index contributed by atoms with van der Waals surface area (Å²) in [6.45, 7) is 0. The third-order valence-electron chi connectivity index (χ3n) is 2.60. The van der Waals surface area contributed by atoms with Crippen molar-refractivity contribution in [1.82, 2.24) is 0 Å². The monoisotopic (exact) mass is 314 g/mol. The van der Waals surface area contributed by atoms with Gasteiger partial charge in [-0.15, -0.1) is 0 Å². The Balaban J connectivity index is 2.59. The topological polar surface area (TPSA) is 26.3 Å². The smallest absolute Gasteiger partial charge is 0.199 e. The number of carbonyl (C=O) groups is 1. The molecule has 0 aliphatic rings. The molecule has 0 radical (unpaired) electrons. The molecule has 0 N–H and O–H groups in total. The lowest BCUT2D eigenvalue weighted by molar-refractivity contribution is 0.103. The van der Waals surface area contributed by atoms with Gasteiger partial charge in [0, 0.05) is 5.02 Å². The van der Waals surface area contributed by atoms with Crippen molar-refractivity contribution in [1.29, 1.82) is 0 Å². The minimum absolute atomic E-state index is 0.242. The molecule has 2 rings (SSSR count). The van der Waals surface area contributed by atoms with Gasteiger partial charge in [0.25, 0.3) is 0 Å². The Morgan fingerprint density at radius 3 is 2.26 bits per heavy atom. The predicted octanol–water partition coefficient (Wildman–Crippen LogP) is 4.89. The fourth-order valence-electron chi connectivity index (χ4n) is 1.71. The van der Waals surface area contributed by atoms with Gasteiger partial charge in [-0.25, -0.2) is 0 Å². The van der Waals surface area contributed by atoms with E-state index in [1.54, 1.807) is 30.3 Å². The van der Waals surface area contributed by atoms with E-state index in [1.807, 2.05) is 0 Å². The highest BCUT2D eigenvalue weighted by atomic mass is 35.5. The molecule has 5 heteroatoms. The van der Waals surface area contributed by atoms with Gasteiger partial charge in [0.2, 0.25) is 0 Å². The summed E-state index contributed by atoms with van der Waals surface area (Å²) in [4.78, 5) is 12.5. The first kappa shape index (κ1) is 14.2. The number of halogens is 3. The van der Waals surface area contributed by atoms with Crippen molar-refractivity contribution in [3.05, 3.63) is 62.6 Å². The Kier molecular flexibility index (Phi) is 4.35. The van der Waals surface area contributed by atoms with E-state index >= 15 is 0 Å². The average molecular weight is 316 g/mol. The van der Waals surface area contributed by atoms with Crippen LogP contribution in [0.4, 0.5) is 0 Å². The van der Waals surface area contributed by atoms with Crippen LogP contribution in [0.3, 0.4) is 0 Å². The average Bonchev–Trinajstić information content (AvgIpc) is 2.38. The molecule has 2 aromatic rings. The molecule has 0 amide bonds. The van der Waals surface area contributed by atoms with E-state index in [1.165, 1.54) is 13.2 Å². The SMILES string of the molecule is COc1ccc(Cl)cc1C(=O)c1c(Cl)cccc1Cl. The van der Waals surface area contributed by atoms with Crippen LogP contribution in [0.2, 0.25) is 15.1 Å². The van der Waals surface area contributed by atoms with E-state index in [-0.39, 0.29) is 11.3 Å². The van der Waals surface area contributed by atoms with Gasteiger partial charge in [-0.1, -0.05) is 40.9 Å². The Morgan fingerprint density at radius 1 is 1.05 bits per heavy atom.